The highest BCUT2D eigenvalue weighted by Gasteiger charge is 2.19. The Labute approximate surface area is 139 Å². The SMILES string of the molecule is O=C(Cc1cccs1)N1CC=C(c2c[nH]c3ccccc23)CC1. The standard InChI is InChI=1S/C19H18N2OS/c22-19(12-15-4-3-11-23-15)21-9-7-14(8-10-21)17-13-20-18-6-2-1-5-16(17)18/h1-7,11,13,20H,8-10,12H2. The number of benzene rings is 1. The predicted molar refractivity (Wildman–Crippen MR) is 95.5 cm³/mol. The number of carbonyl (C=O) groups excluding carboxylic acids is 1. The van der Waals surface area contributed by atoms with Crippen molar-refractivity contribution < 1.29 is 4.79 Å². The Morgan fingerprint density at radius 1 is 1.22 bits per heavy atom. The smallest absolute Gasteiger partial charge is 0.228 e. The first-order chi connectivity index (χ1) is 11.3. The second-order valence-corrected chi connectivity index (χ2v) is 6.86. The lowest BCUT2D eigenvalue weighted by Gasteiger charge is -2.26. The number of aromatic nitrogens is 1. The van der Waals surface area contributed by atoms with Gasteiger partial charge in [-0.3, -0.25) is 4.79 Å². The Kier molecular flexibility index (Phi) is 3.75. The summed E-state index contributed by atoms with van der Waals surface area (Å²) in [6.07, 6.45) is 5.72. The summed E-state index contributed by atoms with van der Waals surface area (Å²) < 4.78 is 0. The van der Waals surface area contributed by atoms with Crippen molar-refractivity contribution in [2.75, 3.05) is 13.1 Å². The summed E-state index contributed by atoms with van der Waals surface area (Å²) in [6.45, 7) is 1.51. The third kappa shape index (κ3) is 2.82. The van der Waals surface area contributed by atoms with Crippen LogP contribution in [0.5, 0.6) is 0 Å². The average Bonchev–Trinajstić information content (AvgIpc) is 3.24. The van der Waals surface area contributed by atoms with E-state index in [-0.39, 0.29) is 5.91 Å². The first-order valence-corrected chi connectivity index (χ1v) is 8.75. The summed E-state index contributed by atoms with van der Waals surface area (Å²) in [6, 6.07) is 12.4. The van der Waals surface area contributed by atoms with Crippen molar-refractivity contribution in [2.24, 2.45) is 0 Å². The molecule has 0 bridgehead atoms. The Bertz CT molecular complexity index is 861. The molecule has 0 aliphatic carbocycles. The molecule has 1 aliphatic rings. The largest absolute Gasteiger partial charge is 0.361 e. The van der Waals surface area contributed by atoms with Crippen molar-refractivity contribution in [2.45, 2.75) is 12.8 Å². The van der Waals surface area contributed by atoms with E-state index >= 15 is 0 Å². The molecule has 3 aromatic rings. The zero-order chi connectivity index (χ0) is 15.6. The van der Waals surface area contributed by atoms with E-state index in [9.17, 15) is 4.79 Å². The molecule has 3 nitrogen and oxygen atoms in total. The summed E-state index contributed by atoms with van der Waals surface area (Å²) in [5, 5.41) is 3.28. The number of rotatable bonds is 3. The van der Waals surface area contributed by atoms with Gasteiger partial charge in [-0.15, -0.1) is 11.3 Å². The summed E-state index contributed by atoms with van der Waals surface area (Å²) in [5.74, 6) is 0.224. The number of carbonyl (C=O) groups is 1. The summed E-state index contributed by atoms with van der Waals surface area (Å²) in [7, 11) is 0. The lowest BCUT2D eigenvalue weighted by atomic mass is 9.99. The Hall–Kier alpha value is -2.33. The minimum atomic E-state index is 0.224. The molecular formula is C19H18N2OS. The number of amides is 1. The van der Waals surface area contributed by atoms with Gasteiger partial charge in [-0.25, -0.2) is 0 Å². The second kappa shape index (κ2) is 6.05. The van der Waals surface area contributed by atoms with Crippen LogP contribution < -0.4 is 0 Å². The van der Waals surface area contributed by atoms with Crippen LogP contribution in [0.15, 0.2) is 54.1 Å². The summed E-state index contributed by atoms with van der Waals surface area (Å²) in [4.78, 5) is 18.8. The van der Waals surface area contributed by atoms with Crippen molar-refractivity contribution in [3.05, 3.63) is 64.5 Å². The number of hydrogen-bond donors (Lipinski definition) is 1. The number of aromatic amines is 1. The molecule has 0 radical (unpaired) electrons. The molecule has 1 aromatic carbocycles. The Morgan fingerprint density at radius 3 is 2.91 bits per heavy atom. The fraction of sp³-hybridized carbons (Fsp3) is 0.211. The molecular weight excluding hydrogens is 304 g/mol. The van der Waals surface area contributed by atoms with Crippen molar-refractivity contribution in [1.82, 2.24) is 9.88 Å². The van der Waals surface area contributed by atoms with Crippen LogP contribution in [0.2, 0.25) is 0 Å². The summed E-state index contributed by atoms with van der Waals surface area (Å²) in [5.41, 5.74) is 3.77. The molecule has 2 aromatic heterocycles. The van der Waals surface area contributed by atoms with Gasteiger partial charge in [-0.2, -0.15) is 0 Å². The van der Waals surface area contributed by atoms with Gasteiger partial charge in [-0.05, 0) is 29.5 Å². The number of fused-ring (bicyclic) bond motifs is 1. The highest BCUT2D eigenvalue weighted by molar-refractivity contribution is 7.10. The third-order valence-corrected chi connectivity index (χ3v) is 5.28. The quantitative estimate of drug-likeness (QED) is 0.774. The monoisotopic (exact) mass is 322 g/mol. The molecule has 0 saturated carbocycles. The van der Waals surface area contributed by atoms with Crippen LogP contribution in [0.25, 0.3) is 16.5 Å². The van der Waals surface area contributed by atoms with Gasteiger partial charge < -0.3 is 9.88 Å². The van der Waals surface area contributed by atoms with E-state index in [2.05, 4.69) is 35.5 Å². The molecule has 116 valence electrons. The van der Waals surface area contributed by atoms with Gasteiger partial charge in [0.25, 0.3) is 0 Å². The van der Waals surface area contributed by atoms with E-state index in [1.807, 2.05) is 28.5 Å². The molecule has 4 heteroatoms. The Balaban J connectivity index is 1.49. The lowest BCUT2D eigenvalue weighted by molar-refractivity contribution is -0.130. The lowest BCUT2D eigenvalue weighted by Crippen LogP contribution is -2.35. The van der Waals surface area contributed by atoms with Crippen LogP contribution >= 0.6 is 11.3 Å². The summed E-state index contributed by atoms with van der Waals surface area (Å²) >= 11 is 1.65. The molecule has 0 saturated heterocycles. The molecule has 0 atom stereocenters. The highest BCUT2D eigenvalue weighted by atomic mass is 32.1. The normalized spacial score (nSPS) is 15.0. The van der Waals surface area contributed by atoms with E-state index in [0.717, 1.165) is 17.8 Å². The van der Waals surface area contributed by atoms with Crippen LogP contribution in [0.3, 0.4) is 0 Å². The molecule has 0 fully saturated rings. The second-order valence-electron chi connectivity index (χ2n) is 5.82. The van der Waals surface area contributed by atoms with Gasteiger partial charge in [-0.1, -0.05) is 30.3 Å². The van der Waals surface area contributed by atoms with E-state index in [4.69, 9.17) is 0 Å². The van der Waals surface area contributed by atoms with Crippen molar-refractivity contribution in [3.8, 4) is 0 Å². The van der Waals surface area contributed by atoms with Crippen LogP contribution in [0.4, 0.5) is 0 Å². The molecule has 23 heavy (non-hydrogen) atoms. The van der Waals surface area contributed by atoms with Gasteiger partial charge in [0.05, 0.1) is 6.42 Å². The van der Waals surface area contributed by atoms with Crippen LogP contribution in [0, 0.1) is 0 Å². The fourth-order valence-corrected chi connectivity index (χ4v) is 3.85. The van der Waals surface area contributed by atoms with Crippen molar-refractivity contribution >= 4 is 33.7 Å². The zero-order valence-electron chi connectivity index (χ0n) is 12.8. The molecule has 4 rings (SSSR count). The Morgan fingerprint density at radius 2 is 2.13 bits per heavy atom. The predicted octanol–water partition coefficient (Wildman–Crippen LogP) is 4.09. The molecule has 1 aliphatic heterocycles. The minimum Gasteiger partial charge on any atom is -0.361 e. The van der Waals surface area contributed by atoms with E-state index in [1.54, 1.807) is 11.3 Å². The van der Waals surface area contributed by atoms with Crippen LogP contribution in [-0.4, -0.2) is 28.9 Å². The maximum atomic E-state index is 12.4. The average molecular weight is 322 g/mol. The molecule has 0 unspecified atom stereocenters. The molecule has 1 N–H and O–H groups in total. The van der Waals surface area contributed by atoms with E-state index in [1.165, 1.54) is 22.0 Å². The first kappa shape index (κ1) is 14.3. The van der Waals surface area contributed by atoms with Gasteiger partial charge >= 0.3 is 0 Å². The first-order valence-electron chi connectivity index (χ1n) is 7.87. The topological polar surface area (TPSA) is 36.1 Å². The maximum absolute atomic E-state index is 12.4. The van der Waals surface area contributed by atoms with Gasteiger partial charge in [0.15, 0.2) is 0 Å². The van der Waals surface area contributed by atoms with Crippen molar-refractivity contribution in [3.63, 3.8) is 0 Å². The highest BCUT2D eigenvalue weighted by Crippen LogP contribution is 2.29. The molecule has 1 amide bonds. The maximum Gasteiger partial charge on any atom is 0.228 e. The number of H-pyrrole nitrogens is 1. The number of para-hydroxylation sites is 1. The van der Waals surface area contributed by atoms with Gasteiger partial charge in [0.1, 0.15) is 0 Å². The number of hydrogen-bond acceptors (Lipinski definition) is 2. The van der Waals surface area contributed by atoms with Gasteiger partial charge in [0, 0.05) is 40.6 Å². The van der Waals surface area contributed by atoms with E-state index in [0.29, 0.717) is 13.0 Å². The van der Waals surface area contributed by atoms with Gasteiger partial charge in [0.2, 0.25) is 5.91 Å². The number of nitrogens with one attached hydrogen (secondary N) is 1. The van der Waals surface area contributed by atoms with Crippen molar-refractivity contribution in [1.29, 1.82) is 0 Å². The van der Waals surface area contributed by atoms with Crippen LogP contribution in [0.1, 0.15) is 16.9 Å². The number of nitrogens with zero attached hydrogens (tertiary/aromatic N) is 1. The van der Waals surface area contributed by atoms with E-state index < -0.39 is 0 Å². The number of thiophene rings is 1. The van der Waals surface area contributed by atoms with Crippen LogP contribution in [-0.2, 0) is 11.2 Å². The molecule has 0 spiro atoms. The third-order valence-electron chi connectivity index (χ3n) is 4.40. The minimum absolute atomic E-state index is 0.224. The zero-order valence-corrected chi connectivity index (χ0v) is 13.6. The molecule has 3 heterocycles. The fourth-order valence-electron chi connectivity index (χ4n) is 3.15.